The van der Waals surface area contributed by atoms with Crippen LogP contribution in [0.25, 0.3) is 0 Å². The number of nitrogens with zero attached hydrogens (tertiary/aromatic N) is 3. The smallest absolute Gasteiger partial charge is 0.191 e. The summed E-state index contributed by atoms with van der Waals surface area (Å²) in [5, 5.41) is 7.02. The van der Waals surface area contributed by atoms with Gasteiger partial charge in [-0.2, -0.15) is 0 Å². The number of halogens is 1. The summed E-state index contributed by atoms with van der Waals surface area (Å²) in [7, 11) is 0. The predicted molar refractivity (Wildman–Crippen MR) is 136 cm³/mol. The third-order valence-electron chi connectivity index (χ3n) is 5.87. The number of likely N-dealkylation sites (tertiary alicyclic amines) is 1. The van der Waals surface area contributed by atoms with E-state index < -0.39 is 0 Å². The SMILES string of the molecule is CCNC(=NCC(C)CN1CCCC1)NC(C)c1cccc(N2CCCC2)c1.I. The fourth-order valence-corrected chi connectivity index (χ4v) is 4.29. The van der Waals surface area contributed by atoms with Crippen LogP contribution in [0.5, 0.6) is 0 Å². The molecule has 2 heterocycles. The highest BCUT2D eigenvalue weighted by molar-refractivity contribution is 14.0. The Morgan fingerprint density at radius 1 is 1.07 bits per heavy atom. The molecule has 0 saturated carbocycles. The van der Waals surface area contributed by atoms with Gasteiger partial charge in [0.1, 0.15) is 0 Å². The molecule has 0 amide bonds. The first-order valence-corrected chi connectivity index (χ1v) is 11.3. The van der Waals surface area contributed by atoms with Gasteiger partial charge in [0.05, 0.1) is 6.04 Å². The molecule has 3 rings (SSSR count). The van der Waals surface area contributed by atoms with Crippen LogP contribution in [0.4, 0.5) is 5.69 Å². The molecule has 6 heteroatoms. The highest BCUT2D eigenvalue weighted by Gasteiger charge is 2.16. The zero-order valence-corrected chi connectivity index (χ0v) is 20.8. The molecule has 2 fully saturated rings. The Kier molecular flexibility index (Phi) is 10.6. The molecule has 2 saturated heterocycles. The van der Waals surface area contributed by atoms with Gasteiger partial charge in [-0.3, -0.25) is 4.99 Å². The van der Waals surface area contributed by atoms with Gasteiger partial charge in [-0.15, -0.1) is 24.0 Å². The minimum absolute atomic E-state index is 0. The molecule has 29 heavy (non-hydrogen) atoms. The molecule has 0 spiro atoms. The van der Waals surface area contributed by atoms with Crippen LogP contribution < -0.4 is 15.5 Å². The van der Waals surface area contributed by atoms with Crippen molar-refractivity contribution >= 4 is 35.6 Å². The Morgan fingerprint density at radius 2 is 1.76 bits per heavy atom. The predicted octanol–water partition coefficient (Wildman–Crippen LogP) is 4.25. The second-order valence-corrected chi connectivity index (χ2v) is 8.49. The van der Waals surface area contributed by atoms with Crippen LogP contribution in [0.2, 0.25) is 0 Å². The lowest BCUT2D eigenvalue weighted by atomic mass is 10.1. The minimum Gasteiger partial charge on any atom is -0.372 e. The Morgan fingerprint density at radius 3 is 2.45 bits per heavy atom. The second-order valence-electron chi connectivity index (χ2n) is 8.49. The van der Waals surface area contributed by atoms with Gasteiger partial charge < -0.3 is 20.4 Å². The molecule has 2 aliphatic heterocycles. The summed E-state index contributed by atoms with van der Waals surface area (Å²) in [4.78, 5) is 9.95. The van der Waals surface area contributed by atoms with Gasteiger partial charge in [-0.1, -0.05) is 19.1 Å². The van der Waals surface area contributed by atoms with Gasteiger partial charge in [-0.25, -0.2) is 0 Å². The average molecular weight is 514 g/mol. The molecular formula is C23H40IN5. The highest BCUT2D eigenvalue weighted by Crippen LogP contribution is 2.24. The summed E-state index contributed by atoms with van der Waals surface area (Å²) in [6.45, 7) is 14.5. The summed E-state index contributed by atoms with van der Waals surface area (Å²) in [5.41, 5.74) is 2.67. The standard InChI is InChI=1S/C23H39N5.HI/c1-4-24-23(25-17-19(2)18-27-12-5-6-13-27)26-20(3)21-10-9-11-22(16-21)28-14-7-8-15-28;/h9-11,16,19-20H,4-8,12-15,17-18H2,1-3H3,(H2,24,25,26);1H. The van der Waals surface area contributed by atoms with Crippen molar-refractivity contribution in [3.63, 3.8) is 0 Å². The number of guanidine groups is 1. The van der Waals surface area contributed by atoms with E-state index in [0.29, 0.717) is 5.92 Å². The van der Waals surface area contributed by atoms with Crippen molar-refractivity contribution in [1.29, 1.82) is 0 Å². The molecule has 1 aromatic rings. The monoisotopic (exact) mass is 513 g/mol. The first kappa shape index (κ1) is 24.3. The molecule has 2 unspecified atom stereocenters. The molecule has 1 aromatic carbocycles. The van der Waals surface area contributed by atoms with Gasteiger partial charge in [0.15, 0.2) is 5.96 Å². The summed E-state index contributed by atoms with van der Waals surface area (Å²) in [5.74, 6) is 1.51. The van der Waals surface area contributed by atoms with E-state index in [1.807, 2.05) is 0 Å². The van der Waals surface area contributed by atoms with Gasteiger partial charge >= 0.3 is 0 Å². The van der Waals surface area contributed by atoms with Gasteiger partial charge in [-0.05, 0) is 76.2 Å². The highest BCUT2D eigenvalue weighted by atomic mass is 127. The van der Waals surface area contributed by atoms with E-state index in [1.165, 1.54) is 63.1 Å². The van der Waals surface area contributed by atoms with Gasteiger partial charge in [0.2, 0.25) is 0 Å². The van der Waals surface area contributed by atoms with Gasteiger partial charge in [0.25, 0.3) is 0 Å². The third-order valence-corrected chi connectivity index (χ3v) is 5.87. The number of rotatable bonds is 8. The fourth-order valence-electron chi connectivity index (χ4n) is 4.29. The van der Waals surface area contributed by atoms with Crippen LogP contribution in [0.15, 0.2) is 29.3 Å². The summed E-state index contributed by atoms with van der Waals surface area (Å²) < 4.78 is 0. The molecule has 2 aliphatic rings. The largest absolute Gasteiger partial charge is 0.372 e. The molecule has 2 N–H and O–H groups in total. The second kappa shape index (κ2) is 12.6. The Hall–Kier alpha value is -1.02. The number of anilines is 1. The zero-order valence-electron chi connectivity index (χ0n) is 18.5. The quantitative estimate of drug-likeness (QED) is 0.310. The molecule has 0 aromatic heterocycles. The van der Waals surface area contributed by atoms with E-state index in [9.17, 15) is 0 Å². The molecule has 2 atom stereocenters. The van der Waals surface area contributed by atoms with Crippen molar-refractivity contribution in [3.8, 4) is 0 Å². The number of benzene rings is 1. The minimum atomic E-state index is 0. The Bertz CT molecular complexity index is 623. The fraction of sp³-hybridized carbons (Fsp3) is 0.696. The molecule has 164 valence electrons. The summed E-state index contributed by atoms with van der Waals surface area (Å²) in [6, 6.07) is 9.21. The maximum absolute atomic E-state index is 4.88. The van der Waals surface area contributed by atoms with Crippen LogP contribution >= 0.6 is 24.0 Å². The van der Waals surface area contributed by atoms with E-state index in [0.717, 1.165) is 25.6 Å². The molecule has 5 nitrogen and oxygen atoms in total. The van der Waals surface area contributed by atoms with Crippen molar-refractivity contribution in [2.24, 2.45) is 10.9 Å². The van der Waals surface area contributed by atoms with Crippen LogP contribution in [-0.4, -0.2) is 56.7 Å². The third kappa shape index (κ3) is 7.63. The summed E-state index contributed by atoms with van der Waals surface area (Å²) >= 11 is 0. The number of aliphatic imine (C=N–C) groups is 1. The van der Waals surface area contributed by atoms with Crippen molar-refractivity contribution in [3.05, 3.63) is 29.8 Å². The first-order valence-electron chi connectivity index (χ1n) is 11.3. The van der Waals surface area contributed by atoms with Crippen molar-refractivity contribution in [2.45, 2.75) is 52.5 Å². The van der Waals surface area contributed by atoms with E-state index in [-0.39, 0.29) is 30.0 Å². The lowest BCUT2D eigenvalue weighted by Gasteiger charge is -2.23. The molecule has 0 radical (unpaired) electrons. The number of hydrogen-bond donors (Lipinski definition) is 2. The van der Waals surface area contributed by atoms with E-state index >= 15 is 0 Å². The number of nitrogens with one attached hydrogen (secondary N) is 2. The maximum atomic E-state index is 4.88. The average Bonchev–Trinajstić information content (AvgIpc) is 3.40. The van der Waals surface area contributed by atoms with E-state index in [4.69, 9.17) is 4.99 Å². The van der Waals surface area contributed by atoms with E-state index in [1.54, 1.807) is 0 Å². The lowest BCUT2D eigenvalue weighted by Crippen LogP contribution is -2.39. The topological polar surface area (TPSA) is 42.9 Å². The Balaban J connectivity index is 0.00000300. The normalized spacial score (nSPS) is 19.7. The molecule has 0 bridgehead atoms. The van der Waals surface area contributed by atoms with Crippen LogP contribution in [0, 0.1) is 5.92 Å². The van der Waals surface area contributed by atoms with Crippen LogP contribution in [0.3, 0.4) is 0 Å². The molecular weight excluding hydrogens is 473 g/mol. The summed E-state index contributed by atoms with van der Waals surface area (Å²) in [6.07, 6.45) is 5.33. The lowest BCUT2D eigenvalue weighted by molar-refractivity contribution is 0.291. The maximum Gasteiger partial charge on any atom is 0.191 e. The first-order chi connectivity index (χ1) is 13.7. The van der Waals surface area contributed by atoms with Crippen molar-refractivity contribution < 1.29 is 0 Å². The number of hydrogen-bond acceptors (Lipinski definition) is 3. The van der Waals surface area contributed by atoms with Crippen LogP contribution in [0.1, 0.15) is 58.1 Å². The van der Waals surface area contributed by atoms with E-state index in [2.05, 4.69) is 65.5 Å². The van der Waals surface area contributed by atoms with Crippen molar-refractivity contribution in [2.75, 3.05) is 50.7 Å². The van der Waals surface area contributed by atoms with Crippen molar-refractivity contribution in [1.82, 2.24) is 15.5 Å². The van der Waals surface area contributed by atoms with Gasteiger partial charge in [0, 0.05) is 38.4 Å². The zero-order chi connectivity index (χ0) is 19.8. The Labute approximate surface area is 194 Å². The van der Waals surface area contributed by atoms with Crippen LogP contribution in [-0.2, 0) is 0 Å². The molecule has 0 aliphatic carbocycles.